The smallest absolute Gasteiger partial charge is 0.260 e. The summed E-state index contributed by atoms with van der Waals surface area (Å²) in [6.07, 6.45) is 2.59. The van der Waals surface area contributed by atoms with Gasteiger partial charge in [0, 0.05) is 32.4 Å². The van der Waals surface area contributed by atoms with Crippen LogP contribution in [-0.2, 0) is 11.2 Å². The van der Waals surface area contributed by atoms with Gasteiger partial charge < -0.3 is 14.8 Å². The van der Waals surface area contributed by atoms with E-state index in [1.165, 1.54) is 12.3 Å². The topological polar surface area (TPSA) is 73.5 Å². The minimum absolute atomic E-state index is 0.0751. The van der Waals surface area contributed by atoms with Crippen molar-refractivity contribution in [2.75, 3.05) is 26.2 Å². The molecule has 1 fully saturated rings. The van der Waals surface area contributed by atoms with Crippen molar-refractivity contribution in [3.8, 4) is 0 Å². The average molecular weight is 353 g/mol. The number of amides is 2. The van der Waals surface area contributed by atoms with Crippen molar-refractivity contribution in [2.24, 2.45) is 0 Å². The van der Waals surface area contributed by atoms with Crippen LogP contribution in [0.1, 0.15) is 27.9 Å². The molecule has 26 heavy (non-hydrogen) atoms. The van der Waals surface area contributed by atoms with E-state index in [1.807, 2.05) is 36.1 Å². The molecule has 6 heteroatoms. The number of H-pyrrole nitrogens is 1. The molecule has 2 amide bonds. The summed E-state index contributed by atoms with van der Waals surface area (Å²) in [6.45, 7) is 4.09. The molecule has 1 aromatic carbocycles. The number of nitrogens with zero attached hydrogens (tertiary/aromatic N) is 2. The van der Waals surface area contributed by atoms with Crippen molar-refractivity contribution in [1.29, 1.82) is 0 Å². The van der Waals surface area contributed by atoms with E-state index in [9.17, 15) is 14.4 Å². The molecule has 0 aliphatic carbocycles. The summed E-state index contributed by atoms with van der Waals surface area (Å²) in [6, 6.07) is 11.1. The number of pyridine rings is 1. The highest BCUT2D eigenvalue weighted by Gasteiger charge is 2.24. The molecule has 2 heterocycles. The van der Waals surface area contributed by atoms with Crippen LogP contribution in [0.3, 0.4) is 0 Å². The monoisotopic (exact) mass is 353 g/mol. The first-order valence-corrected chi connectivity index (χ1v) is 8.85. The number of nitrogens with one attached hydrogen (secondary N) is 1. The summed E-state index contributed by atoms with van der Waals surface area (Å²) >= 11 is 0. The van der Waals surface area contributed by atoms with Crippen molar-refractivity contribution in [3.63, 3.8) is 0 Å². The van der Waals surface area contributed by atoms with E-state index in [0.29, 0.717) is 39.0 Å². The van der Waals surface area contributed by atoms with Gasteiger partial charge in [0.15, 0.2) is 0 Å². The van der Waals surface area contributed by atoms with E-state index in [-0.39, 0.29) is 22.9 Å². The highest BCUT2D eigenvalue weighted by molar-refractivity contribution is 5.93. The molecule has 0 atom stereocenters. The van der Waals surface area contributed by atoms with Crippen LogP contribution >= 0.6 is 0 Å². The van der Waals surface area contributed by atoms with Gasteiger partial charge in [-0.15, -0.1) is 0 Å². The van der Waals surface area contributed by atoms with E-state index >= 15 is 0 Å². The summed E-state index contributed by atoms with van der Waals surface area (Å²) in [7, 11) is 0. The third-order valence-electron chi connectivity index (χ3n) is 4.79. The molecular weight excluding hydrogens is 330 g/mol. The Kier molecular flexibility index (Phi) is 5.51. The van der Waals surface area contributed by atoms with Crippen molar-refractivity contribution in [3.05, 3.63) is 69.6 Å². The first kappa shape index (κ1) is 17.9. The molecule has 0 spiro atoms. The third-order valence-corrected chi connectivity index (χ3v) is 4.79. The fourth-order valence-electron chi connectivity index (χ4n) is 3.21. The lowest BCUT2D eigenvalue weighted by molar-refractivity contribution is -0.130. The summed E-state index contributed by atoms with van der Waals surface area (Å²) in [5, 5.41) is 0. The normalized spacial score (nSPS) is 14.8. The average Bonchev–Trinajstić information content (AvgIpc) is 2.90. The van der Waals surface area contributed by atoms with Crippen molar-refractivity contribution < 1.29 is 9.59 Å². The number of carbonyl (C=O) groups excluding carboxylic acids is 2. The second-order valence-electron chi connectivity index (χ2n) is 6.54. The Morgan fingerprint density at radius 1 is 1.00 bits per heavy atom. The second kappa shape index (κ2) is 7.99. The fourth-order valence-corrected chi connectivity index (χ4v) is 3.21. The Bertz CT molecular complexity index is 859. The summed E-state index contributed by atoms with van der Waals surface area (Å²) in [5.74, 6) is -0.203. The number of aryl methyl sites for hydroxylation is 1. The molecule has 136 valence electrons. The largest absolute Gasteiger partial charge is 0.341 e. The Balaban J connectivity index is 1.64. The molecule has 1 aliphatic heterocycles. The van der Waals surface area contributed by atoms with Crippen LogP contribution in [0.25, 0.3) is 0 Å². The Hall–Kier alpha value is -2.89. The van der Waals surface area contributed by atoms with Crippen LogP contribution in [0.5, 0.6) is 0 Å². The Labute approximate surface area is 152 Å². The molecule has 2 aromatic rings. The molecule has 1 N–H and O–H groups in total. The summed E-state index contributed by atoms with van der Waals surface area (Å²) in [5.41, 5.74) is 1.91. The van der Waals surface area contributed by atoms with Crippen LogP contribution in [0, 0.1) is 6.92 Å². The standard InChI is InChI=1S/C20H23N3O3/c1-15-6-2-3-7-16(15)14-18(24)22-10-5-11-23(13-12-22)20(26)17-8-4-9-21-19(17)25/h2-4,6-9H,5,10-14H2,1H3,(H,21,25). The maximum Gasteiger partial charge on any atom is 0.260 e. The van der Waals surface area contributed by atoms with Gasteiger partial charge in [0.25, 0.3) is 11.5 Å². The minimum atomic E-state index is -0.380. The first-order valence-electron chi connectivity index (χ1n) is 8.85. The van der Waals surface area contributed by atoms with Gasteiger partial charge >= 0.3 is 0 Å². The Morgan fingerprint density at radius 3 is 2.50 bits per heavy atom. The number of aromatic nitrogens is 1. The predicted molar refractivity (Wildman–Crippen MR) is 99.0 cm³/mol. The van der Waals surface area contributed by atoms with Gasteiger partial charge in [-0.05, 0) is 36.6 Å². The molecule has 0 unspecified atom stereocenters. The number of hydrogen-bond acceptors (Lipinski definition) is 3. The SMILES string of the molecule is Cc1ccccc1CC(=O)N1CCCN(C(=O)c2ccc[nH]c2=O)CC1. The van der Waals surface area contributed by atoms with Gasteiger partial charge in [-0.2, -0.15) is 0 Å². The summed E-state index contributed by atoms with van der Waals surface area (Å²) < 4.78 is 0. The highest BCUT2D eigenvalue weighted by atomic mass is 16.2. The maximum absolute atomic E-state index is 12.6. The van der Waals surface area contributed by atoms with E-state index in [2.05, 4.69) is 4.98 Å². The lowest BCUT2D eigenvalue weighted by Crippen LogP contribution is -2.39. The maximum atomic E-state index is 12.6. The van der Waals surface area contributed by atoms with Crippen LogP contribution in [0.15, 0.2) is 47.4 Å². The molecule has 0 saturated carbocycles. The number of rotatable bonds is 3. The molecule has 1 saturated heterocycles. The molecular formula is C20H23N3O3. The van der Waals surface area contributed by atoms with Crippen LogP contribution in [-0.4, -0.2) is 52.8 Å². The molecule has 0 bridgehead atoms. The third kappa shape index (κ3) is 4.02. The lowest BCUT2D eigenvalue weighted by Gasteiger charge is -2.22. The minimum Gasteiger partial charge on any atom is -0.341 e. The molecule has 6 nitrogen and oxygen atoms in total. The van der Waals surface area contributed by atoms with Gasteiger partial charge in [0.2, 0.25) is 5.91 Å². The number of aromatic amines is 1. The van der Waals surface area contributed by atoms with Gasteiger partial charge in [0.05, 0.1) is 6.42 Å². The van der Waals surface area contributed by atoms with Crippen molar-refractivity contribution in [2.45, 2.75) is 19.8 Å². The summed E-state index contributed by atoms with van der Waals surface area (Å²) in [4.78, 5) is 43.1. The molecule has 3 rings (SSSR count). The lowest BCUT2D eigenvalue weighted by atomic mass is 10.1. The van der Waals surface area contributed by atoms with Crippen LogP contribution in [0.4, 0.5) is 0 Å². The molecule has 1 aliphatic rings. The van der Waals surface area contributed by atoms with Gasteiger partial charge in [-0.25, -0.2) is 0 Å². The number of carbonyl (C=O) groups is 2. The highest BCUT2D eigenvalue weighted by Crippen LogP contribution is 2.12. The van der Waals surface area contributed by atoms with E-state index in [0.717, 1.165) is 11.1 Å². The Morgan fingerprint density at radius 2 is 1.73 bits per heavy atom. The van der Waals surface area contributed by atoms with Gasteiger partial charge in [-0.1, -0.05) is 24.3 Å². The number of benzene rings is 1. The number of hydrogen-bond donors (Lipinski definition) is 1. The van der Waals surface area contributed by atoms with Gasteiger partial charge in [-0.3, -0.25) is 14.4 Å². The zero-order chi connectivity index (χ0) is 18.5. The molecule has 0 radical (unpaired) electrons. The van der Waals surface area contributed by atoms with E-state index < -0.39 is 0 Å². The quantitative estimate of drug-likeness (QED) is 0.911. The van der Waals surface area contributed by atoms with E-state index in [1.54, 1.807) is 11.0 Å². The first-order chi connectivity index (χ1) is 12.6. The van der Waals surface area contributed by atoms with E-state index in [4.69, 9.17) is 0 Å². The fraction of sp³-hybridized carbons (Fsp3) is 0.350. The second-order valence-corrected chi connectivity index (χ2v) is 6.54. The van der Waals surface area contributed by atoms with Crippen molar-refractivity contribution >= 4 is 11.8 Å². The van der Waals surface area contributed by atoms with Gasteiger partial charge in [0.1, 0.15) is 5.56 Å². The predicted octanol–water partition coefficient (Wildman–Crippen LogP) is 1.60. The molecule has 1 aromatic heterocycles. The zero-order valence-corrected chi connectivity index (χ0v) is 14.9. The van der Waals surface area contributed by atoms with Crippen LogP contribution < -0.4 is 5.56 Å². The zero-order valence-electron chi connectivity index (χ0n) is 14.9. The van der Waals surface area contributed by atoms with Crippen LogP contribution in [0.2, 0.25) is 0 Å². The van der Waals surface area contributed by atoms with Crippen molar-refractivity contribution in [1.82, 2.24) is 14.8 Å².